The highest BCUT2D eigenvalue weighted by Gasteiger charge is 2.49. The topological polar surface area (TPSA) is 403 Å². The van der Waals surface area contributed by atoms with Crippen LogP contribution in [0.1, 0.15) is 18.2 Å². The molecule has 0 aromatic carbocycles. The van der Waals surface area contributed by atoms with Gasteiger partial charge in [-0.3, -0.25) is 13.4 Å². The molecule has 1 aliphatic heterocycles. The Morgan fingerprint density at radius 2 is 1.78 bits per heavy atom. The summed E-state index contributed by atoms with van der Waals surface area (Å²) in [4.78, 5) is 47.6. The van der Waals surface area contributed by atoms with Gasteiger partial charge in [0.15, 0.2) is 11.4 Å². The van der Waals surface area contributed by atoms with E-state index < -0.39 is 47.9 Å². The van der Waals surface area contributed by atoms with Crippen LogP contribution in [0.4, 0.5) is 5.82 Å². The van der Waals surface area contributed by atoms with Crippen molar-refractivity contribution >= 4 is 34.8 Å². The smallest absolute Gasteiger partial charge is 0.278 e. The number of ether oxygens (including phenoxy) is 1. The van der Waals surface area contributed by atoms with Gasteiger partial charge in [0.2, 0.25) is 0 Å². The number of terminal acetylenes is 1. The number of phosphoric acid groups is 3. The summed E-state index contributed by atoms with van der Waals surface area (Å²) in [6.07, 6.45) is 4.00. The number of rotatable bonds is 8. The largest absolute Gasteiger partial charge is 0.790 e. The summed E-state index contributed by atoms with van der Waals surface area (Å²) in [6, 6.07) is 3.13. The molecular formula is C13H29N8O12P3. The van der Waals surface area contributed by atoms with E-state index in [0.29, 0.717) is 11.2 Å². The van der Waals surface area contributed by atoms with Crippen LogP contribution in [0.3, 0.4) is 0 Å². The first-order valence-corrected chi connectivity index (χ1v) is 12.7. The Labute approximate surface area is 203 Å². The van der Waals surface area contributed by atoms with Crippen molar-refractivity contribution in [2.75, 3.05) is 12.3 Å². The van der Waals surface area contributed by atoms with Crippen LogP contribution in [0.25, 0.3) is 5.52 Å². The minimum Gasteiger partial charge on any atom is -0.790 e. The molecule has 2 aromatic heterocycles. The Morgan fingerprint density at radius 1 is 1.17 bits per heavy atom. The first kappa shape index (κ1) is 36.3. The molecule has 19 N–H and O–H groups in total. The minimum atomic E-state index is -6.15. The predicted molar refractivity (Wildman–Crippen MR) is 118 cm³/mol. The van der Waals surface area contributed by atoms with Crippen LogP contribution in [0.2, 0.25) is 0 Å². The van der Waals surface area contributed by atoms with E-state index >= 15 is 0 Å². The van der Waals surface area contributed by atoms with Crippen molar-refractivity contribution in [3.05, 3.63) is 24.2 Å². The Balaban J connectivity index is 0. The summed E-state index contributed by atoms with van der Waals surface area (Å²) in [5, 5.41) is 14.4. The third-order valence-corrected chi connectivity index (χ3v) is 7.90. The molecule has 208 valence electrons. The molecule has 0 saturated carbocycles. The van der Waals surface area contributed by atoms with E-state index in [2.05, 4.69) is 23.2 Å². The number of aromatic nitrogens is 3. The molecule has 0 aliphatic carbocycles. The number of phosphoric ester groups is 1. The van der Waals surface area contributed by atoms with E-state index in [-0.39, 0.29) is 36.8 Å². The van der Waals surface area contributed by atoms with Crippen molar-refractivity contribution in [1.29, 1.82) is 0 Å². The van der Waals surface area contributed by atoms with Crippen molar-refractivity contribution in [2.24, 2.45) is 0 Å². The van der Waals surface area contributed by atoms with Gasteiger partial charge < -0.3 is 68.8 Å². The second kappa shape index (κ2) is 12.6. The molecule has 3 heterocycles. The van der Waals surface area contributed by atoms with E-state index in [1.807, 2.05) is 5.92 Å². The molecule has 20 nitrogen and oxygen atoms in total. The number of hydrogen-bond acceptors (Lipinski definition) is 15. The fourth-order valence-corrected chi connectivity index (χ4v) is 5.82. The SMILES string of the molecule is C#C[C@]1(COP(=O)([O-])OP(=O)([O-])OP(=O)([O-])[O-])O[C@@H](c2ccc3c(N)ncnn23)C[C@@H]1O.[NH4+].[NH4+].[NH4+].[NH4+]. The van der Waals surface area contributed by atoms with Crippen LogP contribution in [-0.2, 0) is 31.6 Å². The van der Waals surface area contributed by atoms with Gasteiger partial charge in [-0.25, -0.2) is 13.8 Å². The van der Waals surface area contributed by atoms with Crippen LogP contribution < -0.4 is 49.9 Å². The molecule has 0 spiro atoms. The summed E-state index contributed by atoms with van der Waals surface area (Å²) in [6.45, 7) is -1.13. The molecule has 0 bridgehead atoms. The van der Waals surface area contributed by atoms with Gasteiger partial charge in [0, 0.05) is 6.42 Å². The second-order valence-corrected chi connectivity index (χ2v) is 10.6. The highest BCUT2D eigenvalue weighted by molar-refractivity contribution is 7.64. The molecule has 1 fully saturated rings. The third-order valence-electron chi connectivity index (χ3n) is 4.25. The lowest BCUT2D eigenvalue weighted by Gasteiger charge is -2.38. The lowest BCUT2D eigenvalue weighted by molar-refractivity contribution is -0.339. The first-order chi connectivity index (χ1) is 14.7. The average molecular weight is 582 g/mol. The van der Waals surface area contributed by atoms with Gasteiger partial charge in [0.25, 0.3) is 15.6 Å². The molecule has 3 rings (SSSR count). The average Bonchev–Trinajstić information content (AvgIpc) is 3.19. The summed E-state index contributed by atoms with van der Waals surface area (Å²) in [5.41, 5.74) is 4.47. The number of aliphatic hydroxyl groups is 1. The summed E-state index contributed by atoms with van der Waals surface area (Å²) < 4.78 is 51.3. The van der Waals surface area contributed by atoms with Crippen molar-refractivity contribution in [1.82, 2.24) is 39.2 Å². The molecule has 2 aromatic rings. The Kier molecular flexibility index (Phi) is 12.7. The van der Waals surface area contributed by atoms with Gasteiger partial charge in [-0.1, -0.05) is 5.92 Å². The predicted octanol–water partition coefficient (Wildman–Crippen LogP) is -1.17. The number of aliphatic hydroxyl groups excluding tert-OH is 1. The molecule has 0 radical (unpaired) electrons. The maximum absolute atomic E-state index is 11.8. The Hall–Kier alpha value is -1.85. The molecular weight excluding hydrogens is 553 g/mol. The highest BCUT2D eigenvalue weighted by Crippen LogP contribution is 2.60. The van der Waals surface area contributed by atoms with Crippen molar-refractivity contribution in [3.8, 4) is 12.3 Å². The monoisotopic (exact) mass is 582 g/mol. The number of quaternary nitrogens is 4. The molecule has 0 amide bonds. The van der Waals surface area contributed by atoms with Gasteiger partial charge in [-0.15, -0.1) is 6.42 Å². The number of nitrogens with two attached hydrogens (primary N) is 1. The van der Waals surface area contributed by atoms with E-state index in [1.54, 1.807) is 12.1 Å². The van der Waals surface area contributed by atoms with Crippen LogP contribution in [-0.4, -0.2) is 38.0 Å². The van der Waals surface area contributed by atoms with Crippen LogP contribution in [0.15, 0.2) is 18.5 Å². The Bertz CT molecular complexity index is 1220. The maximum atomic E-state index is 11.8. The van der Waals surface area contributed by atoms with Crippen molar-refractivity contribution < 1.29 is 56.3 Å². The molecule has 23 heteroatoms. The number of nitrogens with zero attached hydrogens (tertiary/aromatic N) is 3. The van der Waals surface area contributed by atoms with Crippen molar-refractivity contribution in [2.45, 2.75) is 24.2 Å². The minimum absolute atomic E-state index is 0. The Morgan fingerprint density at radius 3 is 2.33 bits per heavy atom. The van der Waals surface area contributed by atoms with Gasteiger partial charge in [-0.05, 0) is 12.1 Å². The van der Waals surface area contributed by atoms with Gasteiger partial charge in [-0.2, -0.15) is 5.10 Å². The first-order valence-electron chi connectivity index (χ1n) is 8.30. The zero-order valence-electron chi connectivity index (χ0n) is 19.6. The van der Waals surface area contributed by atoms with Crippen LogP contribution in [0.5, 0.6) is 0 Å². The van der Waals surface area contributed by atoms with Gasteiger partial charge in [0.05, 0.1) is 26.2 Å². The maximum Gasteiger partial charge on any atom is 0.278 e. The third kappa shape index (κ3) is 8.08. The number of anilines is 1. The molecule has 1 aliphatic rings. The number of fused-ring (bicyclic) bond motifs is 1. The quantitative estimate of drug-likeness (QED) is 0.158. The van der Waals surface area contributed by atoms with E-state index in [9.17, 15) is 38.4 Å². The fraction of sp³-hybridized carbons (Fsp3) is 0.385. The zero-order chi connectivity index (χ0) is 23.9. The number of nitrogen functional groups attached to an aromatic ring is 1. The van der Waals surface area contributed by atoms with E-state index in [0.717, 1.165) is 0 Å². The molecule has 2 unspecified atom stereocenters. The highest BCUT2D eigenvalue weighted by atomic mass is 31.3. The van der Waals surface area contributed by atoms with E-state index in [1.165, 1.54) is 10.8 Å². The molecule has 1 saturated heterocycles. The van der Waals surface area contributed by atoms with Crippen LogP contribution >= 0.6 is 23.5 Å². The normalized spacial score (nSPS) is 24.6. The number of hydrogen-bond donors (Lipinski definition) is 6. The summed E-state index contributed by atoms with van der Waals surface area (Å²) in [7, 11) is -18.1. The molecule has 36 heavy (non-hydrogen) atoms. The second-order valence-electron chi connectivity index (χ2n) is 6.37. The van der Waals surface area contributed by atoms with Crippen molar-refractivity contribution in [3.63, 3.8) is 0 Å². The fourth-order valence-electron chi connectivity index (χ4n) is 2.93. The standard InChI is InChI=1S/C13H17N4O12P3.4H3N/c1-2-13(6-26-31(22,23)29-32(24,25)28-30(19,20)21)11(18)5-10(27-13)8-3-4-9-12(14)15-7-16-17(8)9;;;;/h1,3-4,7,10-11,18H,5-6H2,(H,22,23)(H,24,25)(H2,14,15,16)(H2,19,20,21);4*1H3/t10-,11+,13-;;;;/m1..../s1. The van der Waals surface area contributed by atoms with Gasteiger partial charge in [0.1, 0.15) is 17.9 Å². The van der Waals surface area contributed by atoms with Crippen LogP contribution in [0, 0.1) is 12.3 Å². The summed E-state index contributed by atoms with van der Waals surface area (Å²) in [5.74, 6) is 2.21. The lowest BCUT2D eigenvalue weighted by atomic mass is 9.98. The molecule has 5 atom stereocenters. The van der Waals surface area contributed by atoms with E-state index in [4.69, 9.17) is 16.9 Å². The zero-order valence-corrected chi connectivity index (χ0v) is 22.3. The summed E-state index contributed by atoms with van der Waals surface area (Å²) >= 11 is 0. The van der Waals surface area contributed by atoms with Gasteiger partial charge >= 0.3 is 0 Å². The lowest BCUT2D eigenvalue weighted by Crippen LogP contribution is -2.42.